The van der Waals surface area contributed by atoms with Crippen molar-refractivity contribution in [2.45, 2.75) is 31.9 Å². The zero-order valence-electron chi connectivity index (χ0n) is 20.0. The van der Waals surface area contributed by atoms with Crippen molar-refractivity contribution >= 4 is 44.5 Å². The van der Waals surface area contributed by atoms with E-state index in [4.69, 9.17) is 25.9 Å². The number of nitrogens with zero attached hydrogens (tertiary/aromatic N) is 3. The Kier molecular flexibility index (Phi) is 6.15. The van der Waals surface area contributed by atoms with Crippen molar-refractivity contribution < 1.29 is 13.4 Å². The molecule has 5 aromatic rings. The number of hydrogen-bond donors (Lipinski definition) is 1. The Labute approximate surface area is 214 Å². The Balaban J connectivity index is 1.67. The van der Waals surface area contributed by atoms with Crippen molar-refractivity contribution in [1.82, 2.24) is 14.8 Å². The first-order chi connectivity index (χ1) is 17.1. The minimum Gasteiger partial charge on any atom is -0.483 e. The van der Waals surface area contributed by atoms with Gasteiger partial charge in [0.1, 0.15) is 33.6 Å². The van der Waals surface area contributed by atoms with Gasteiger partial charge in [0.2, 0.25) is 0 Å². The van der Waals surface area contributed by atoms with Gasteiger partial charge in [0.15, 0.2) is 16.2 Å². The molecular weight excluding hydrogens is 500 g/mol. The summed E-state index contributed by atoms with van der Waals surface area (Å²) in [6.07, 6.45) is 1.33. The lowest BCUT2D eigenvalue weighted by Crippen LogP contribution is -2.13. The SMILES string of the molecule is Cc1cc(C(C)Oc2ccc(Cl)nc2S(N)=O)c2oc(-c3ccc4nn(C)cc4c3)c(C)c(=O)c2c1. The third kappa shape index (κ3) is 4.30. The van der Waals surface area contributed by atoms with Crippen molar-refractivity contribution in [3.63, 3.8) is 0 Å². The highest BCUT2D eigenvalue weighted by Crippen LogP contribution is 2.34. The van der Waals surface area contributed by atoms with E-state index in [1.807, 2.05) is 57.4 Å². The molecule has 0 spiro atoms. The van der Waals surface area contributed by atoms with Crippen LogP contribution in [-0.2, 0) is 18.0 Å². The van der Waals surface area contributed by atoms with Crippen LogP contribution in [0.1, 0.15) is 29.7 Å². The first-order valence-electron chi connectivity index (χ1n) is 11.1. The highest BCUT2D eigenvalue weighted by atomic mass is 35.5. The number of nitrogens with two attached hydrogens (primary N) is 1. The Morgan fingerprint density at radius 3 is 2.69 bits per heavy atom. The molecule has 5 rings (SSSR count). The largest absolute Gasteiger partial charge is 0.483 e. The normalized spacial score (nSPS) is 13.3. The molecule has 184 valence electrons. The molecule has 2 unspecified atom stereocenters. The van der Waals surface area contributed by atoms with E-state index in [9.17, 15) is 9.00 Å². The van der Waals surface area contributed by atoms with Crippen LogP contribution in [0.4, 0.5) is 0 Å². The highest BCUT2D eigenvalue weighted by molar-refractivity contribution is 7.82. The van der Waals surface area contributed by atoms with Crippen LogP contribution in [0.25, 0.3) is 33.2 Å². The average Bonchev–Trinajstić information content (AvgIpc) is 3.21. The van der Waals surface area contributed by atoms with Crippen molar-refractivity contribution in [3.8, 4) is 17.1 Å². The summed E-state index contributed by atoms with van der Waals surface area (Å²) in [4.78, 5) is 17.5. The van der Waals surface area contributed by atoms with Crippen LogP contribution < -0.4 is 15.3 Å². The molecular formula is C26H23ClN4O4S. The molecule has 2 aromatic carbocycles. The van der Waals surface area contributed by atoms with Crippen LogP contribution in [0.2, 0.25) is 5.15 Å². The second-order valence-electron chi connectivity index (χ2n) is 8.69. The summed E-state index contributed by atoms with van der Waals surface area (Å²) in [5.74, 6) is 0.714. The predicted molar refractivity (Wildman–Crippen MR) is 141 cm³/mol. The minimum absolute atomic E-state index is 0.0362. The van der Waals surface area contributed by atoms with Gasteiger partial charge in [-0.05, 0) is 68.8 Å². The summed E-state index contributed by atoms with van der Waals surface area (Å²) in [7, 11) is -0.0412. The molecule has 36 heavy (non-hydrogen) atoms. The van der Waals surface area contributed by atoms with E-state index in [1.165, 1.54) is 6.07 Å². The number of hydrogen-bond acceptors (Lipinski definition) is 6. The summed E-state index contributed by atoms with van der Waals surface area (Å²) >= 11 is 5.95. The Morgan fingerprint density at radius 1 is 1.17 bits per heavy atom. The van der Waals surface area contributed by atoms with E-state index >= 15 is 0 Å². The molecule has 0 amide bonds. The topological polar surface area (TPSA) is 113 Å². The molecule has 3 heterocycles. The summed E-state index contributed by atoms with van der Waals surface area (Å²) in [5.41, 5.74) is 3.97. The lowest BCUT2D eigenvalue weighted by molar-refractivity contribution is 0.219. The van der Waals surface area contributed by atoms with Gasteiger partial charge in [0, 0.05) is 35.3 Å². The maximum atomic E-state index is 13.5. The van der Waals surface area contributed by atoms with Crippen LogP contribution in [0.3, 0.4) is 0 Å². The zero-order valence-corrected chi connectivity index (χ0v) is 21.6. The molecule has 0 bridgehead atoms. The van der Waals surface area contributed by atoms with Gasteiger partial charge >= 0.3 is 0 Å². The molecule has 10 heteroatoms. The third-order valence-corrected chi connectivity index (χ3v) is 6.88. The van der Waals surface area contributed by atoms with Crippen LogP contribution >= 0.6 is 11.6 Å². The minimum atomic E-state index is -1.90. The number of ether oxygens (including phenoxy) is 1. The summed E-state index contributed by atoms with van der Waals surface area (Å²) in [6.45, 7) is 5.48. The number of rotatable bonds is 5. The molecule has 0 saturated heterocycles. The van der Waals surface area contributed by atoms with Crippen LogP contribution in [0, 0.1) is 13.8 Å². The molecule has 0 radical (unpaired) electrons. The average molecular weight is 523 g/mol. The highest BCUT2D eigenvalue weighted by Gasteiger charge is 2.22. The summed E-state index contributed by atoms with van der Waals surface area (Å²) < 4.78 is 26.3. The Bertz CT molecular complexity index is 1740. The fraction of sp³-hybridized carbons (Fsp3) is 0.192. The molecule has 0 saturated carbocycles. The Morgan fingerprint density at radius 2 is 1.94 bits per heavy atom. The van der Waals surface area contributed by atoms with Gasteiger partial charge in [0.05, 0.1) is 10.9 Å². The van der Waals surface area contributed by atoms with E-state index in [2.05, 4.69) is 10.1 Å². The maximum Gasteiger partial charge on any atom is 0.196 e. The number of aryl methyl sites for hydroxylation is 2. The van der Waals surface area contributed by atoms with E-state index in [0.29, 0.717) is 27.9 Å². The number of fused-ring (bicyclic) bond motifs is 2. The fourth-order valence-corrected chi connectivity index (χ4v) is 5.03. The van der Waals surface area contributed by atoms with Crippen molar-refractivity contribution in [2.75, 3.05) is 0 Å². The van der Waals surface area contributed by atoms with E-state index in [1.54, 1.807) is 17.7 Å². The van der Waals surface area contributed by atoms with Crippen molar-refractivity contribution in [1.29, 1.82) is 0 Å². The maximum absolute atomic E-state index is 13.5. The Hall–Kier alpha value is -3.53. The standard InChI is InChI=1S/C26H23ClN4O4S/c1-13-9-18(15(3)34-21-7-8-22(27)29-26(21)36(28)33)25-19(10-13)23(32)14(2)24(35-25)16-5-6-20-17(11-16)12-31(4)30-20/h5-12,15H,28H2,1-4H3. The number of benzene rings is 2. The molecule has 2 N–H and O–H groups in total. The lowest BCUT2D eigenvalue weighted by Gasteiger charge is -2.19. The van der Waals surface area contributed by atoms with Gasteiger partial charge in [-0.3, -0.25) is 9.48 Å². The summed E-state index contributed by atoms with van der Waals surface area (Å²) in [6, 6.07) is 12.6. The van der Waals surface area contributed by atoms with E-state index in [-0.39, 0.29) is 21.4 Å². The predicted octanol–water partition coefficient (Wildman–Crippen LogP) is 5.13. The van der Waals surface area contributed by atoms with Gasteiger partial charge in [-0.25, -0.2) is 14.3 Å². The molecule has 2 atom stereocenters. The number of halogens is 1. The van der Waals surface area contributed by atoms with Crippen molar-refractivity contribution in [3.05, 3.63) is 80.7 Å². The van der Waals surface area contributed by atoms with Gasteiger partial charge in [-0.15, -0.1) is 0 Å². The van der Waals surface area contributed by atoms with Gasteiger partial charge in [-0.2, -0.15) is 5.10 Å². The molecule has 0 aliphatic carbocycles. The quantitative estimate of drug-likeness (QED) is 0.320. The molecule has 0 aliphatic heterocycles. The number of pyridine rings is 1. The second kappa shape index (κ2) is 9.16. The first-order valence-corrected chi connectivity index (χ1v) is 12.7. The second-order valence-corrected chi connectivity index (χ2v) is 10.1. The van der Waals surface area contributed by atoms with Gasteiger partial charge in [0.25, 0.3) is 0 Å². The van der Waals surface area contributed by atoms with Gasteiger partial charge in [-0.1, -0.05) is 11.6 Å². The van der Waals surface area contributed by atoms with Crippen LogP contribution in [0.5, 0.6) is 5.75 Å². The smallest absolute Gasteiger partial charge is 0.196 e. The molecule has 8 nitrogen and oxygen atoms in total. The first kappa shape index (κ1) is 24.2. The molecule has 0 aliphatic rings. The molecule has 0 fully saturated rings. The third-order valence-electron chi connectivity index (χ3n) is 6.00. The van der Waals surface area contributed by atoms with E-state index in [0.717, 1.165) is 22.0 Å². The van der Waals surface area contributed by atoms with E-state index < -0.39 is 17.1 Å². The van der Waals surface area contributed by atoms with Gasteiger partial charge < -0.3 is 9.15 Å². The van der Waals surface area contributed by atoms with Crippen LogP contribution in [0.15, 0.2) is 62.9 Å². The van der Waals surface area contributed by atoms with Crippen LogP contribution in [-0.4, -0.2) is 19.0 Å². The summed E-state index contributed by atoms with van der Waals surface area (Å²) in [5, 5.41) is 11.6. The van der Waals surface area contributed by atoms with Crippen molar-refractivity contribution in [2.24, 2.45) is 12.2 Å². The zero-order chi connectivity index (χ0) is 25.7. The monoisotopic (exact) mass is 522 g/mol. The fourth-order valence-electron chi connectivity index (χ4n) is 4.33. The number of aromatic nitrogens is 3. The molecule has 3 aromatic heterocycles. The lowest BCUT2D eigenvalue weighted by atomic mass is 9.99.